The van der Waals surface area contributed by atoms with Crippen LogP contribution in [-0.4, -0.2) is 25.7 Å². The highest BCUT2D eigenvalue weighted by atomic mass is 35.5. The van der Waals surface area contributed by atoms with Crippen LogP contribution in [0.25, 0.3) is 5.69 Å². The Bertz CT molecular complexity index is 1060. The molecule has 7 nitrogen and oxygen atoms in total. The number of tetrazole rings is 1. The van der Waals surface area contributed by atoms with Crippen molar-refractivity contribution in [3.05, 3.63) is 75.2 Å². The van der Waals surface area contributed by atoms with E-state index >= 15 is 0 Å². The highest BCUT2D eigenvalue weighted by Crippen LogP contribution is 2.20. The second-order valence-corrected chi connectivity index (χ2v) is 6.58. The molecule has 2 atom stereocenters. The molecule has 146 valence electrons. The first-order valence-corrected chi connectivity index (χ1v) is 8.71. The monoisotopic (exact) mass is 407 g/mol. The van der Waals surface area contributed by atoms with Gasteiger partial charge in [-0.2, -0.15) is 9.36 Å². The molecule has 2 aromatic carbocycles. The molecule has 0 fully saturated rings. The van der Waals surface area contributed by atoms with Crippen LogP contribution >= 0.6 is 11.6 Å². The Labute approximate surface area is 163 Å². The number of carbonyl (C=O) groups excluding carboxylic acids is 1. The van der Waals surface area contributed by atoms with Crippen LogP contribution < -0.4 is 11.0 Å². The second kappa shape index (κ2) is 7.89. The minimum Gasteiger partial charge on any atom is -0.348 e. The lowest BCUT2D eigenvalue weighted by atomic mass is 10.1. The van der Waals surface area contributed by atoms with Crippen molar-refractivity contribution < 1.29 is 13.6 Å². The van der Waals surface area contributed by atoms with Crippen molar-refractivity contribution in [1.82, 2.24) is 25.1 Å². The molecule has 3 aromatic rings. The van der Waals surface area contributed by atoms with E-state index in [2.05, 4.69) is 15.7 Å². The van der Waals surface area contributed by atoms with Crippen molar-refractivity contribution in [2.24, 2.45) is 0 Å². The van der Waals surface area contributed by atoms with E-state index in [1.165, 1.54) is 43.3 Å². The molecule has 1 aromatic heterocycles. The largest absolute Gasteiger partial charge is 0.369 e. The zero-order chi connectivity index (χ0) is 20.4. The molecule has 28 heavy (non-hydrogen) atoms. The number of benzene rings is 2. The summed E-state index contributed by atoms with van der Waals surface area (Å²) in [4.78, 5) is 25.0. The molecule has 0 radical (unpaired) electrons. The predicted octanol–water partition coefficient (Wildman–Crippen LogP) is 2.80. The predicted molar refractivity (Wildman–Crippen MR) is 98.3 cm³/mol. The smallest absolute Gasteiger partial charge is 0.348 e. The van der Waals surface area contributed by atoms with E-state index in [1.807, 2.05) is 0 Å². The lowest BCUT2D eigenvalue weighted by Gasteiger charge is -2.17. The van der Waals surface area contributed by atoms with E-state index in [1.54, 1.807) is 13.0 Å². The van der Waals surface area contributed by atoms with Gasteiger partial charge >= 0.3 is 5.69 Å². The number of halogens is 3. The van der Waals surface area contributed by atoms with Gasteiger partial charge in [-0.15, -0.1) is 0 Å². The third kappa shape index (κ3) is 3.94. The standard InChI is InChI=1S/C18H16ClF2N5O2/c1-10(12-3-8-15(19)16(21)9-12)22-17(27)11(2)25-18(28)26(24-23-25)14-6-4-13(20)5-7-14/h3-11H,1-2H3,(H,22,27)/t10-,11+/m0/s1. The van der Waals surface area contributed by atoms with Gasteiger partial charge in [0, 0.05) is 0 Å². The van der Waals surface area contributed by atoms with Crippen molar-refractivity contribution >= 4 is 17.5 Å². The molecule has 1 N–H and O–H groups in total. The zero-order valence-electron chi connectivity index (χ0n) is 14.9. The average molecular weight is 408 g/mol. The topological polar surface area (TPSA) is 81.8 Å². The van der Waals surface area contributed by atoms with E-state index in [-0.39, 0.29) is 5.02 Å². The molecular formula is C18H16ClF2N5O2. The fourth-order valence-electron chi connectivity index (χ4n) is 2.55. The van der Waals surface area contributed by atoms with Crippen LogP contribution in [-0.2, 0) is 4.79 Å². The minimum absolute atomic E-state index is 0.0143. The van der Waals surface area contributed by atoms with Gasteiger partial charge in [-0.1, -0.05) is 17.7 Å². The van der Waals surface area contributed by atoms with Gasteiger partial charge in [0.1, 0.15) is 17.7 Å². The Hall–Kier alpha value is -3.07. The summed E-state index contributed by atoms with van der Waals surface area (Å²) in [6, 6.07) is 7.85. The molecule has 0 unspecified atom stereocenters. The Morgan fingerprint density at radius 1 is 1.11 bits per heavy atom. The van der Waals surface area contributed by atoms with Crippen molar-refractivity contribution in [2.75, 3.05) is 0 Å². The van der Waals surface area contributed by atoms with Gasteiger partial charge in [0.25, 0.3) is 0 Å². The quantitative estimate of drug-likeness (QED) is 0.705. The maximum atomic E-state index is 13.6. The summed E-state index contributed by atoms with van der Waals surface area (Å²) in [6.07, 6.45) is 0. The Kier molecular flexibility index (Phi) is 5.55. The first-order chi connectivity index (χ1) is 13.3. The van der Waals surface area contributed by atoms with Crippen LogP contribution in [0.5, 0.6) is 0 Å². The summed E-state index contributed by atoms with van der Waals surface area (Å²) in [5.41, 5.74) is 0.180. The maximum absolute atomic E-state index is 13.6. The van der Waals surface area contributed by atoms with Gasteiger partial charge in [-0.05, 0) is 66.2 Å². The summed E-state index contributed by atoms with van der Waals surface area (Å²) in [5.74, 6) is -1.55. The van der Waals surface area contributed by atoms with Gasteiger partial charge in [0.2, 0.25) is 5.91 Å². The molecule has 3 rings (SSSR count). The Balaban J connectivity index is 1.77. The summed E-state index contributed by atoms with van der Waals surface area (Å²) in [5, 5.41) is 10.1. The van der Waals surface area contributed by atoms with Crippen molar-refractivity contribution in [3.8, 4) is 5.69 Å². The van der Waals surface area contributed by atoms with Crippen molar-refractivity contribution in [1.29, 1.82) is 0 Å². The van der Waals surface area contributed by atoms with Crippen LogP contribution in [0.3, 0.4) is 0 Å². The molecule has 0 aliphatic carbocycles. The van der Waals surface area contributed by atoms with Gasteiger partial charge < -0.3 is 5.32 Å². The molecule has 0 aliphatic rings. The molecule has 0 saturated heterocycles. The SMILES string of the molecule is C[C@H](NC(=O)[C@@H](C)n1nnn(-c2ccc(F)cc2)c1=O)c1ccc(Cl)c(F)c1. The third-order valence-electron chi connectivity index (χ3n) is 4.22. The molecule has 0 bridgehead atoms. The van der Waals surface area contributed by atoms with Gasteiger partial charge in [-0.3, -0.25) is 4.79 Å². The Morgan fingerprint density at radius 2 is 1.79 bits per heavy atom. The summed E-state index contributed by atoms with van der Waals surface area (Å²) in [6.45, 7) is 3.15. The van der Waals surface area contributed by atoms with Crippen molar-refractivity contribution in [3.63, 3.8) is 0 Å². The highest BCUT2D eigenvalue weighted by Gasteiger charge is 2.23. The number of nitrogens with one attached hydrogen (secondary N) is 1. The van der Waals surface area contributed by atoms with Crippen LogP contribution in [0.2, 0.25) is 5.02 Å². The zero-order valence-corrected chi connectivity index (χ0v) is 15.7. The van der Waals surface area contributed by atoms with E-state index < -0.39 is 35.3 Å². The third-order valence-corrected chi connectivity index (χ3v) is 4.53. The number of carbonyl (C=O) groups is 1. The fraction of sp³-hybridized carbons (Fsp3) is 0.222. The van der Waals surface area contributed by atoms with Crippen molar-refractivity contribution in [2.45, 2.75) is 25.9 Å². The average Bonchev–Trinajstić information content (AvgIpc) is 3.05. The minimum atomic E-state index is -0.971. The van der Waals surface area contributed by atoms with E-state index in [0.717, 1.165) is 9.36 Å². The maximum Gasteiger partial charge on any atom is 0.369 e. The molecule has 0 aliphatic heterocycles. The number of amides is 1. The normalized spacial score (nSPS) is 13.2. The van der Waals surface area contributed by atoms with Crippen LogP contribution in [0.1, 0.15) is 31.5 Å². The lowest BCUT2D eigenvalue weighted by molar-refractivity contribution is -0.124. The second-order valence-electron chi connectivity index (χ2n) is 6.17. The van der Waals surface area contributed by atoms with E-state index in [4.69, 9.17) is 11.6 Å². The van der Waals surface area contributed by atoms with Gasteiger partial charge in [0.05, 0.1) is 16.8 Å². The molecule has 0 spiro atoms. The Morgan fingerprint density at radius 3 is 2.43 bits per heavy atom. The summed E-state index contributed by atoms with van der Waals surface area (Å²) in [7, 11) is 0. The van der Waals surface area contributed by atoms with E-state index in [0.29, 0.717) is 11.3 Å². The number of nitrogens with zero attached hydrogens (tertiary/aromatic N) is 4. The fourth-order valence-corrected chi connectivity index (χ4v) is 2.67. The highest BCUT2D eigenvalue weighted by molar-refractivity contribution is 6.30. The number of hydrogen-bond acceptors (Lipinski definition) is 4. The first kappa shape index (κ1) is 19.7. The summed E-state index contributed by atoms with van der Waals surface area (Å²) >= 11 is 5.66. The van der Waals surface area contributed by atoms with Crippen LogP contribution in [0.4, 0.5) is 8.78 Å². The van der Waals surface area contributed by atoms with Crippen LogP contribution in [0.15, 0.2) is 47.3 Å². The van der Waals surface area contributed by atoms with E-state index in [9.17, 15) is 18.4 Å². The molecule has 1 amide bonds. The van der Waals surface area contributed by atoms with Crippen LogP contribution in [0, 0.1) is 11.6 Å². The number of rotatable bonds is 5. The van der Waals surface area contributed by atoms with Gasteiger partial charge in [0.15, 0.2) is 0 Å². The number of aromatic nitrogens is 4. The lowest BCUT2D eigenvalue weighted by Crippen LogP contribution is -2.37. The molecule has 10 heteroatoms. The van der Waals surface area contributed by atoms with Gasteiger partial charge in [-0.25, -0.2) is 13.6 Å². The molecule has 0 saturated carbocycles. The molecule has 1 heterocycles. The number of hydrogen-bond donors (Lipinski definition) is 1. The summed E-state index contributed by atoms with van der Waals surface area (Å²) < 4.78 is 28.5. The molecular weight excluding hydrogens is 392 g/mol. The first-order valence-electron chi connectivity index (χ1n) is 8.33.